The van der Waals surface area contributed by atoms with Crippen molar-refractivity contribution in [2.45, 2.75) is 39.5 Å². The predicted molar refractivity (Wildman–Crippen MR) is 88.0 cm³/mol. The van der Waals surface area contributed by atoms with Crippen molar-refractivity contribution in [1.29, 1.82) is 0 Å². The quantitative estimate of drug-likeness (QED) is 0.872. The lowest BCUT2D eigenvalue weighted by Gasteiger charge is -2.30. The number of nitrogens with zero attached hydrogens (tertiary/aromatic N) is 2. The van der Waals surface area contributed by atoms with Crippen LogP contribution in [0.5, 0.6) is 0 Å². The Morgan fingerprint density at radius 1 is 1.48 bits per heavy atom. The summed E-state index contributed by atoms with van der Waals surface area (Å²) >= 11 is 7.49. The maximum Gasteiger partial charge on any atom is 0.220 e. The minimum atomic E-state index is 0.171. The number of hydrogen-bond donors (Lipinski definition) is 1. The summed E-state index contributed by atoms with van der Waals surface area (Å²) in [5.74, 6) is 0.716. The van der Waals surface area contributed by atoms with Gasteiger partial charge in [-0.1, -0.05) is 18.5 Å². The molecule has 1 saturated heterocycles. The maximum atomic E-state index is 12.0. The van der Waals surface area contributed by atoms with E-state index >= 15 is 0 Å². The lowest BCUT2D eigenvalue weighted by molar-refractivity contribution is -0.122. The van der Waals surface area contributed by atoms with Crippen molar-refractivity contribution in [2.75, 3.05) is 26.2 Å². The molecule has 0 spiro atoms. The molecule has 118 valence electrons. The summed E-state index contributed by atoms with van der Waals surface area (Å²) in [4.78, 5) is 18.8. The van der Waals surface area contributed by atoms with Gasteiger partial charge < -0.3 is 10.2 Å². The number of halogens is 1. The van der Waals surface area contributed by atoms with Gasteiger partial charge in [0.25, 0.3) is 0 Å². The Morgan fingerprint density at radius 2 is 2.19 bits per heavy atom. The van der Waals surface area contributed by atoms with E-state index in [0.717, 1.165) is 53.9 Å². The maximum absolute atomic E-state index is 12.0. The Bertz CT molecular complexity index is 450. The Labute approximate surface area is 135 Å². The second-order valence-electron chi connectivity index (χ2n) is 5.65. The van der Waals surface area contributed by atoms with Crippen molar-refractivity contribution in [1.82, 2.24) is 15.2 Å². The zero-order valence-corrected chi connectivity index (χ0v) is 14.4. The van der Waals surface area contributed by atoms with E-state index in [4.69, 9.17) is 11.6 Å². The highest BCUT2D eigenvalue weighted by Gasteiger charge is 2.20. The van der Waals surface area contributed by atoms with E-state index < -0.39 is 0 Å². The average molecular weight is 330 g/mol. The molecule has 1 aliphatic rings. The van der Waals surface area contributed by atoms with E-state index in [9.17, 15) is 4.79 Å². The SMILES string of the molecule is CCN1CCC(CC(=O)NCCc2nc(C)c(Cl)s2)CC1. The van der Waals surface area contributed by atoms with Gasteiger partial charge in [0, 0.05) is 19.4 Å². The van der Waals surface area contributed by atoms with Crippen molar-refractivity contribution in [3.8, 4) is 0 Å². The van der Waals surface area contributed by atoms with Gasteiger partial charge in [-0.25, -0.2) is 4.98 Å². The van der Waals surface area contributed by atoms with Crippen LogP contribution in [0.25, 0.3) is 0 Å². The van der Waals surface area contributed by atoms with Gasteiger partial charge in [-0.15, -0.1) is 11.3 Å². The van der Waals surface area contributed by atoms with Crippen LogP contribution in [0.4, 0.5) is 0 Å². The van der Waals surface area contributed by atoms with Crippen molar-refractivity contribution < 1.29 is 4.79 Å². The van der Waals surface area contributed by atoms with Gasteiger partial charge in [-0.2, -0.15) is 0 Å². The number of nitrogens with one attached hydrogen (secondary N) is 1. The molecule has 1 fully saturated rings. The van der Waals surface area contributed by atoms with Crippen molar-refractivity contribution in [2.24, 2.45) is 5.92 Å². The summed E-state index contributed by atoms with van der Waals surface area (Å²) in [6, 6.07) is 0. The van der Waals surface area contributed by atoms with Crippen LogP contribution in [0.2, 0.25) is 4.34 Å². The number of aromatic nitrogens is 1. The monoisotopic (exact) mass is 329 g/mol. The third-order valence-corrected chi connectivity index (χ3v) is 5.58. The highest BCUT2D eigenvalue weighted by Crippen LogP contribution is 2.23. The number of likely N-dealkylation sites (tertiary alicyclic amines) is 1. The number of carbonyl (C=O) groups excluding carboxylic acids is 1. The van der Waals surface area contributed by atoms with E-state index in [2.05, 4.69) is 22.1 Å². The molecular formula is C15H24ClN3OS. The first kappa shape index (κ1) is 16.7. The number of piperidine rings is 1. The highest BCUT2D eigenvalue weighted by molar-refractivity contribution is 7.16. The van der Waals surface area contributed by atoms with Crippen LogP contribution in [0.1, 0.15) is 36.9 Å². The van der Waals surface area contributed by atoms with Crippen molar-refractivity contribution >= 4 is 28.8 Å². The minimum absolute atomic E-state index is 0.171. The van der Waals surface area contributed by atoms with Gasteiger partial charge in [-0.05, 0) is 45.3 Å². The van der Waals surface area contributed by atoms with Crippen molar-refractivity contribution in [3.05, 3.63) is 15.0 Å². The highest BCUT2D eigenvalue weighted by atomic mass is 35.5. The fraction of sp³-hybridized carbons (Fsp3) is 0.733. The van der Waals surface area contributed by atoms with E-state index in [1.54, 1.807) is 0 Å². The molecule has 21 heavy (non-hydrogen) atoms. The van der Waals surface area contributed by atoms with E-state index in [0.29, 0.717) is 18.9 Å². The molecule has 0 radical (unpaired) electrons. The van der Waals surface area contributed by atoms with E-state index in [1.807, 2.05) is 6.92 Å². The molecule has 2 rings (SSSR count). The number of carbonyl (C=O) groups is 1. The third-order valence-electron chi connectivity index (χ3n) is 4.07. The van der Waals surface area contributed by atoms with E-state index in [-0.39, 0.29) is 5.91 Å². The molecule has 1 N–H and O–H groups in total. The smallest absolute Gasteiger partial charge is 0.220 e. The van der Waals surface area contributed by atoms with Gasteiger partial charge in [0.15, 0.2) is 0 Å². The molecule has 2 heterocycles. The topological polar surface area (TPSA) is 45.2 Å². The number of thiazole rings is 1. The Hall–Kier alpha value is -0.650. The fourth-order valence-corrected chi connectivity index (χ4v) is 3.78. The van der Waals surface area contributed by atoms with Crippen LogP contribution in [0.15, 0.2) is 0 Å². The fourth-order valence-electron chi connectivity index (χ4n) is 2.69. The molecule has 0 atom stereocenters. The normalized spacial score (nSPS) is 17.1. The summed E-state index contributed by atoms with van der Waals surface area (Å²) in [7, 11) is 0. The van der Waals surface area contributed by atoms with Crippen LogP contribution in [-0.4, -0.2) is 42.0 Å². The molecule has 1 aliphatic heterocycles. The summed E-state index contributed by atoms with van der Waals surface area (Å²) in [6.07, 6.45) is 3.71. The van der Waals surface area contributed by atoms with Gasteiger partial charge in [0.2, 0.25) is 5.91 Å². The Balaban J connectivity index is 1.64. The van der Waals surface area contributed by atoms with E-state index in [1.165, 1.54) is 11.3 Å². The predicted octanol–water partition coefficient (Wildman–Crippen LogP) is 2.89. The van der Waals surface area contributed by atoms with Crippen LogP contribution in [0, 0.1) is 12.8 Å². The van der Waals surface area contributed by atoms with Crippen LogP contribution in [0.3, 0.4) is 0 Å². The van der Waals surface area contributed by atoms with Gasteiger partial charge in [0.1, 0.15) is 4.34 Å². The molecule has 1 aromatic rings. The zero-order valence-electron chi connectivity index (χ0n) is 12.8. The second kappa shape index (κ2) is 8.11. The molecular weight excluding hydrogens is 306 g/mol. The number of rotatable bonds is 6. The lowest BCUT2D eigenvalue weighted by atomic mass is 9.93. The van der Waals surface area contributed by atoms with Crippen LogP contribution in [-0.2, 0) is 11.2 Å². The van der Waals surface area contributed by atoms with Crippen molar-refractivity contribution in [3.63, 3.8) is 0 Å². The molecule has 0 aliphatic carbocycles. The number of aryl methyl sites for hydroxylation is 1. The molecule has 0 saturated carbocycles. The third kappa shape index (κ3) is 5.24. The van der Waals surface area contributed by atoms with Gasteiger partial charge >= 0.3 is 0 Å². The van der Waals surface area contributed by atoms with Gasteiger partial charge in [-0.3, -0.25) is 4.79 Å². The first-order valence-electron chi connectivity index (χ1n) is 7.69. The Morgan fingerprint density at radius 3 is 2.76 bits per heavy atom. The molecule has 0 bridgehead atoms. The summed E-state index contributed by atoms with van der Waals surface area (Å²) < 4.78 is 0.749. The molecule has 0 aromatic carbocycles. The van der Waals surface area contributed by atoms with Gasteiger partial charge in [0.05, 0.1) is 10.7 Å². The molecule has 0 unspecified atom stereocenters. The summed E-state index contributed by atoms with van der Waals surface area (Å²) in [6.45, 7) is 8.13. The number of amides is 1. The second-order valence-corrected chi connectivity index (χ2v) is 7.33. The largest absolute Gasteiger partial charge is 0.356 e. The molecule has 1 aromatic heterocycles. The standard InChI is InChI=1S/C15H24ClN3OS/c1-3-19-8-5-12(6-9-19)10-13(20)17-7-4-14-18-11(2)15(16)21-14/h12H,3-10H2,1-2H3,(H,17,20). The summed E-state index contributed by atoms with van der Waals surface area (Å²) in [5.41, 5.74) is 0.880. The Kier molecular flexibility index (Phi) is 6.45. The number of hydrogen-bond acceptors (Lipinski definition) is 4. The first-order chi connectivity index (χ1) is 10.1. The van der Waals surface area contributed by atoms with Crippen LogP contribution < -0.4 is 5.32 Å². The first-order valence-corrected chi connectivity index (χ1v) is 8.88. The summed E-state index contributed by atoms with van der Waals surface area (Å²) in [5, 5.41) is 4.00. The molecule has 4 nitrogen and oxygen atoms in total. The zero-order chi connectivity index (χ0) is 15.2. The average Bonchev–Trinajstić information content (AvgIpc) is 2.78. The molecule has 6 heteroatoms. The molecule has 1 amide bonds. The lowest BCUT2D eigenvalue weighted by Crippen LogP contribution is -2.36. The van der Waals surface area contributed by atoms with Crippen LogP contribution >= 0.6 is 22.9 Å². The minimum Gasteiger partial charge on any atom is -0.356 e.